The Morgan fingerprint density at radius 2 is 1.43 bits per heavy atom. The van der Waals surface area contributed by atoms with Gasteiger partial charge in [-0.25, -0.2) is 0 Å². The van der Waals surface area contributed by atoms with Gasteiger partial charge in [0.25, 0.3) is 0 Å². The summed E-state index contributed by atoms with van der Waals surface area (Å²) in [5.74, 6) is 2.32. The number of carbonyl (C=O) groups excluding carboxylic acids is 3. The molecule has 0 aliphatic heterocycles. The summed E-state index contributed by atoms with van der Waals surface area (Å²) in [4.78, 5) is 41.1. The maximum Gasteiger partial charge on any atom is 0.312 e. The molecule has 5 aliphatic carbocycles. The van der Waals surface area contributed by atoms with Crippen LogP contribution < -0.4 is 4.74 Å². The first-order valence-electron chi connectivity index (χ1n) is 18.8. The summed E-state index contributed by atoms with van der Waals surface area (Å²) in [7, 11) is 0. The van der Waals surface area contributed by atoms with Crippen molar-refractivity contribution in [3.05, 3.63) is 54.6 Å². The third-order valence-corrected chi connectivity index (χ3v) is 12.5. The molecule has 3 unspecified atom stereocenters. The molecule has 3 aromatic carbocycles. The van der Waals surface area contributed by atoms with E-state index in [0.29, 0.717) is 43.4 Å². The van der Waals surface area contributed by atoms with Crippen LogP contribution in [0.3, 0.4) is 0 Å². The number of Topliss-reactive ketones (excluding diaryl/α,β-unsaturated/α-hetero) is 1. The van der Waals surface area contributed by atoms with E-state index in [1.807, 2.05) is 58.9 Å². The number of rotatable bonds is 11. The molecular weight excluding hydrogens is 612 g/mol. The van der Waals surface area contributed by atoms with Crippen molar-refractivity contribution < 1.29 is 28.6 Å². The van der Waals surface area contributed by atoms with Crippen molar-refractivity contribution in [2.24, 2.45) is 28.6 Å². The highest BCUT2D eigenvalue weighted by atomic mass is 16.6. The summed E-state index contributed by atoms with van der Waals surface area (Å²) >= 11 is 0. The summed E-state index contributed by atoms with van der Waals surface area (Å²) < 4.78 is 19.7. The van der Waals surface area contributed by atoms with Crippen molar-refractivity contribution in [3.63, 3.8) is 0 Å². The van der Waals surface area contributed by atoms with Gasteiger partial charge in [0.2, 0.25) is 0 Å². The zero-order chi connectivity index (χ0) is 34.6. The predicted molar refractivity (Wildman–Crippen MR) is 192 cm³/mol. The zero-order valence-corrected chi connectivity index (χ0v) is 30.1. The lowest BCUT2D eigenvalue weighted by Gasteiger charge is -2.56. The molecule has 0 saturated heterocycles. The largest absolute Gasteiger partial charge is 0.487 e. The van der Waals surface area contributed by atoms with E-state index >= 15 is 0 Å². The van der Waals surface area contributed by atoms with Crippen molar-refractivity contribution in [2.45, 2.75) is 135 Å². The Morgan fingerprint density at radius 3 is 2.06 bits per heavy atom. The molecule has 6 nitrogen and oxygen atoms in total. The Labute approximate surface area is 291 Å². The average Bonchev–Trinajstić information content (AvgIpc) is 3.02. The third-order valence-electron chi connectivity index (χ3n) is 12.5. The predicted octanol–water partition coefficient (Wildman–Crippen LogP) is 9.92. The lowest BCUT2D eigenvalue weighted by Crippen LogP contribution is -2.54. The van der Waals surface area contributed by atoms with Gasteiger partial charge in [0.05, 0.1) is 10.8 Å². The molecule has 49 heavy (non-hydrogen) atoms. The molecule has 262 valence electrons. The van der Waals surface area contributed by atoms with Gasteiger partial charge in [-0.15, -0.1) is 0 Å². The minimum Gasteiger partial charge on any atom is -0.487 e. The van der Waals surface area contributed by atoms with Crippen LogP contribution in [0.1, 0.15) is 118 Å². The maximum absolute atomic E-state index is 14.4. The fraction of sp³-hybridized carbons (Fsp3) is 0.605. The van der Waals surface area contributed by atoms with Crippen molar-refractivity contribution in [3.8, 4) is 5.75 Å². The van der Waals surface area contributed by atoms with Crippen molar-refractivity contribution in [2.75, 3.05) is 0 Å². The fourth-order valence-electron chi connectivity index (χ4n) is 10.6. The van der Waals surface area contributed by atoms with E-state index in [9.17, 15) is 14.4 Å². The van der Waals surface area contributed by atoms with Crippen LogP contribution in [0.15, 0.2) is 54.6 Å². The Kier molecular flexibility index (Phi) is 8.85. The van der Waals surface area contributed by atoms with Crippen molar-refractivity contribution in [1.82, 2.24) is 0 Å². The van der Waals surface area contributed by atoms with E-state index in [4.69, 9.17) is 14.2 Å². The smallest absolute Gasteiger partial charge is 0.312 e. The van der Waals surface area contributed by atoms with E-state index in [2.05, 4.69) is 30.3 Å². The molecule has 0 N–H and O–H groups in total. The number of carbonyl (C=O) groups is 3. The fourth-order valence-corrected chi connectivity index (χ4v) is 10.6. The number of fused-ring (bicyclic) bond motifs is 2. The van der Waals surface area contributed by atoms with Gasteiger partial charge in [-0.1, -0.05) is 43.3 Å². The average molecular weight is 667 g/mol. The summed E-state index contributed by atoms with van der Waals surface area (Å²) in [6.07, 6.45) is 9.64. The van der Waals surface area contributed by atoms with Gasteiger partial charge >= 0.3 is 11.9 Å². The van der Waals surface area contributed by atoms with Crippen LogP contribution in [0.5, 0.6) is 5.75 Å². The number of hydrogen-bond acceptors (Lipinski definition) is 6. The Balaban J connectivity index is 1.16. The Hall–Kier alpha value is -3.41. The first-order valence-corrected chi connectivity index (χ1v) is 18.8. The second kappa shape index (κ2) is 12.7. The molecule has 0 heterocycles. The minimum absolute atomic E-state index is 0.135. The molecule has 5 aliphatic rings. The minimum atomic E-state index is -1.08. The van der Waals surface area contributed by atoms with Gasteiger partial charge in [-0.05, 0) is 144 Å². The van der Waals surface area contributed by atoms with E-state index < -0.39 is 22.5 Å². The quantitative estimate of drug-likeness (QED) is 0.150. The van der Waals surface area contributed by atoms with E-state index in [1.54, 1.807) is 0 Å². The molecule has 0 spiro atoms. The number of ether oxygens (including phenoxy) is 3. The van der Waals surface area contributed by atoms with Crippen LogP contribution >= 0.6 is 0 Å². The van der Waals surface area contributed by atoms with Crippen LogP contribution in [0.25, 0.3) is 21.5 Å². The zero-order valence-electron chi connectivity index (χ0n) is 30.1. The lowest BCUT2D eigenvalue weighted by atomic mass is 9.54. The number of ketones is 1. The SMILES string of the molecule is CCC(C)(CC(C)(CC(C)(C)Oc1cccc2cc3ccccc3cc12)C(=O)OC1CCCC(=O)C1)C(=O)OC12CC3CC(CC(C3)C1)C2. The van der Waals surface area contributed by atoms with Crippen LogP contribution in [-0.2, 0) is 23.9 Å². The van der Waals surface area contributed by atoms with Crippen LogP contribution in [0.2, 0.25) is 0 Å². The second-order valence-corrected chi connectivity index (χ2v) is 17.5. The number of hydrogen-bond donors (Lipinski definition) is 0. The standard InChI is InChI=1S/C43H54O6/c1-6-41(4,39(46)49-43-23-28-17-29(24-43)19-30(18-28)25-43)27-42(5,38(45)47-35-15-10-14-34(44)22-35)26-40(2,3)48-37-16-9-13-33-20-31-11-7-8-12-32(31)21-36(33)37/h7-9,11-13,16,20-21,28-30,35H,6,10,14-15,17-19,22-27H2,1-5H3. The summed E-state index contributed by atoms with van der Waals surface area (Å²) in [6, 6.07) is 18.7. The number of benzene rings is 3. The summed E-state index contributed by atoms with van der Waals surface area (Å²) in [5, 5.41) is 4.40. The van der Waals surface area contributed by atoms with Gasteiger partial charge in [0, 0.05) is 24.6 Å². The van der Waals surface area contributed by atoms with Crippen LogP contribution in [0.4, 0.5) is 0 Å². The monoisotopic (exact) mass is 666 g/mol. The van der Waals surface area contributed by atoms with Gasteiger partial charge in [0.1, 0.15) is 28.8 Å². The maximum atomic E-state index is 14.4. The first-order chi connectivity index (χ1) is 23.3. The lowest BCUT2D eigenvalue weighted by molar-refractivity contribution is -0.199. The highest BCUT2D eigenvalue weighted by Gasteiger charge is 2.56. The molecule has 3 aromatic rings. The van der Waals surface area contributed by atoms with Crippen molar-refractivity contribution in [1.29, 1.82) is 0 Å². The number of esters is 2. The molecule has 4 bridgehead atoms. The Morgan fingerprint density at radius 1 is 0.796 bits per heavy atom. The van der Waals surface area contributed by atoms with E-state index in [0.717, 1.165) is 47.6 Å². The molecular formula is C43H54O6. The normalized spacial score (nSPS) is 29.0. The molecule has 0 radical (unpaired) electrons. The van der Waals surface area contributed by atoms with Crippen molar-refractivity contribution >= 4 is 39.3 Å². The van der Waals surface area contributed by atoms with Crippen LogP contribution in [0, 0.1) is 28.6 Å². The first kappa shape index (κ1) is 34.1. The Bertz CT molecular complexity index is 1720. The van der Waals surface area contributed by atoms with Gasteiger partial charge in [0.15, 0.2) is 0 Å². The van der Waals surface area contributed by atoms with Gasteiger partial charge in [-0.2, -0.15) is 0 Å². The summed E-state index contributed by atoms with van der Waals surface area (Å²) in [5.41, 5.74) is -3.13. The van der Waals surface area contributed by atoms with Gasteiger partial charge < -0.3 is 14.2 Å². The topological polar surface area (TPSA) is 78.9 Å². The highest BCUT2D eigenvalue weighted by Crippen LogP contribution is 2.58. The van der Waals surface area contributed by atoms with E-state index in [1.165, 1.54) is 24.6 Å². The van der Waals surface area contributed by atoms with Crippen LogP contribution in [-0.4, -0.2) is 35.0 Å². The molecule has 0 aromatic heterocycles. The highest BCUT2D eigenvalue weighted by molar-refractivity contribution is 6.00. The molecule has 6 heteroatoms. The molecule has 5 saturated carbocycles. The van der Waals surface area contributed by atoms with Gasteiger partial charge in [-0.3, -0.25) is 14.4 Å². The summed E-state index contributed by atoms with van der Waals surface area (Å²) in [6.45, 7) is 9.94. The molecule has 0 amide bonds. The molecule has 8 rings (SSSR count). The van der Waals surface area contributed by atoms with E-state index in [-0.39, 0.29) is 36.2 Å². The molecule has 5 fully saturated rings. The third kappa shape index (κ3) is 6.99. The molecule has 3 atom stereocenters. The second-order valence-electron chi connectivity index (χ2n) is 17.5.